The molecule has 21 heavy (non-hydrogen) atoms. The topological polar surface area (TPSA) is 55.6 Å². The number of nitrogens with zero attached hydrogens (tertiary/aromatic N) is 1. The largest absolute Gasteiger partial charge is 0.494 e. The first-order valence-electron chi connectivity index (χ1n) is 7.09. The van der Waals surface area contributed by atoms with Crippen LogP contribution in [0.4, 0.5) is 5.69 Å². The molecule has 1 amide bonds. The molecule has 1 fully saturated rings. The molecule has 0 saturated carbocycles. The summed E-state index contributed by atoms with van der Waals surface area (Å²) in [6, 6.07) is 16.8. The number of ether oxygens (including phenoxy) is 1. The lowest BCUT2D eigenvalue weighted by Crippen LogP contribution is -2.63. The zero-order valence-corrected chi connectivity index (χ0v) is 11.9. The van der Waals surface area contributed by atoms with Gasteiger partial charge in [0.2, 0.25) is 5.91 Å². The van der Waals surface area contributed by atoms with Crippen LogP contribution in [0.5, 0.6) is 5.75 Å². The van der Waals surface area contributed by atoms with Crippen LogP contribution >= 0.6 is 0 Å². The van der Waals surface area contributed by atoms with Gasteiger partial charge in [-0.2, -0.15) is 0 Å². The number of β-lactam (4-membered cyclic amide) rings is 1. The normalized spacial score (nSPS) is 21.0. The molecule has 3 rings (SSSR count). The zero-order chi connectivity index (χ0) is 14.8. The Hall–Kier alpha value is -2.33. The van der Waals surface area contributed by atoms with Crippen LogP contribution in [-0.4, -0.2) is 18.6 Å². The van der Waals surface area contributed by atoms with Crippen LogP contribution in [0.15, 0.2) is 54.6 Å². The molecule has 0 aromatic heterocycles. The third-order valence-corrected chi connectivity index (χ3v) is 3.71. The first-order chi connectivity index (χ1) is 10.2. The number of rotatable bonds is 4. The maximum absolute atomic E-state index is 12.1. The number of hydrogen-bond donors (Lipinski definition) is 1. The average molecular weight is 282 g/mol. The van der Waals surface area contributed by atoms with E-state index in [0.717, 1.165) is 17.0 Å². The summed E-state index contributed by atoms with van der Waals surface area (Å²) in [5.74, 6) is 0.753. The molecule has 4 heteroatoms. The van der Waals surface area contributed by atoms with Crippen molar-refractivity contribution in [3.63, 3.8) is 0 Å². The fourth-order valence-corrected chi connectivity index (χ4v) is 2.68. The van der Waals surface area contributed by atoms with Gasteiger partial charge in [0.05, 0.1) is 12.6 Å². The minimum Gasteiger partial charge on any atom is -0.494 e. The van der Waals surface area contributed by atoms with Gasteiger partial charge in [-0.25, -0.2) is 0 Å². The third-order valence-electron chi connectivity index (χ3n) is 3.71. The van der Waals surface area contributed by atoms with Gasteiger partial charge in [-0.05, 0) is 36.8 Å². The average Bonchev–Trinajstić information content (AvgIpc) is 2.54. The van der Waals surface area contributed by atoms with E-state index < -0.39 is 6.04 Å². The smallest absolute Gasteiger partial charge is 0.247 e. The van der Waals surface area contributed by atoms with E-state index in [-0.39, 0.29) is 11.9 Å². The van der Waals surface area contributed by atoms with Crippen LogP contribution in [0.1, 0.15) is 18.5 Å². The van der Waals surface area contributed by atoms with E-state index in [0.29, 0.717) is 6.61 Å². The van der Waals surface area contributed by atoms with E-state index in [1.807, 2.05) is 61.5 Å². The maximum atomic E-state index is 12.1. The van der Waals surface area contributed by atoms with Crippen LogP contribution in [0.25, 0.3) is 0 Å². The fourth-order valence-electron chi connectivity index (χ4n) is 2.68. The highest BCUT2D eigenvalue weighted by Gasteiger charge is 2.46. The van der Waals surface area contributed by atoms with Gasteiger partial charge in [-0.15, -0.1) is 0 Å². The molecule has 2 atom stereocenters. The molecular weight excluding hydrogens is 264 g/mol. The van der Waals surface area contributed by atoms with Crippen molar-refractivity contribution in [2.24, 2.45) is 5.73 Å². The summed E-state index contributed by atoms with van der Waals surface area (Å²) < 4.78 is 5.42. The van der Waals surface area contributed by atoms with Gasteiger partial charge in [-0.1, -0.05) is 30.3 Å². The second-order valence-corrected chi connectivity index (χ2v) is 5.02. The number of benzene rings is 2. The fraction of sp³-hybridized carbons (Fsp3) is 0.235. The molecule has 0 unspecified atom stereocenters. The Bertz CT molecular complexity index is 625. The second kappa shape index (κ2) is 5.58. The van der Waals surface area contributed by atoms with Crippen LogP contribution < -0.4 is 15.4 Å². The van der Waals surface area contributed by atoms with Crippen LogP contribution in [0.2, 0.25) is 0 Å². The number of carbonyl (C=O) groups is 1. The highest BCUT2D eigenvalue weighted by Crippen LogP contribution is 2.38. The van der Waals surface area contributed by atoms with Crippen molar-refractivity contribution in [2.75, 3.05) is 11.5 Å². The van der Waals surface area contributed by atoms with E-state index >= 15 is 0 Å². The molecule has 2 aromatic carbocycles. The molecular formula is C17H18N2O2. The van der Waals surface area contributed by atoms with Crippen LogP contribution in [0, 0.1) is 0 Å². The molecule has 1 saturated heterocycles. The number of anilines is 1. The highest BCUT2D eigenvalue weighted by molar-refractivity contribution is 6.05. The van der Waals surface area contributed by atoms with E-state index in [2.05, 4.69) is 0 Å². The van der Waals surface area contributed by atoms with E-state index in [1.165, 1.54) is 0 Å². The van der Waals surface area contributed by atoms with Crippen molar-refractivity contribution in [1.29, 1.82) is 0 Å². The quantitative estimate of drug-likeness (QED) is 0.877. The molecule has 2 aromatic rings. The SMILES string of the molecule is CCOc1ccc(N2C(=O)[C@@H](N)[C@H]2c2ccccc2)cc1. The highest BCUT2D eigenvalue weighted by atomic mass is 16.5. The van der Waals surface area contributed by atoms with E-state index in [1.54, 1.807) is 4.90 Å². The minimum absolute atomic E-state index is 0.0481. The Morgan fingerprint density at radius 1 is 1.10 bits per heavy atom. The standard InChI is InChI=1S/C17H18N2O2/c1-2-21-14-10-8-13(9-11-14)19-16(15(18)17(19)20)12-6-4-3-5-7-12/h3-11,15-16H,2,18H2,1H3/t15-,16+/m0/s1. The first kappa shape index (κ1) is 13.6. The Balaban J connectivity index is 1.87. The summed E-state index contributed by atoms with van der Waals surface area (Å²) in [6.07, 6.45) is 0. The van der Waals surface area contributed by atoms with Gasteiger partial charge < -0.3 is 15.4 Å². The summed E-state index contributed by atoms with van der Waals surface area (Å²) in [6.45, 7) is 2.57. The Labute approximate surface area is 124 Å². The van der Waals surface area contributed by atoms with Gasteiger partial charge >= 0.3 is 0 Å². The number of nitrogens with two attached hydrogens (primary N) is 1. The first-order valence-corrected chi connectivity index (χ1v) is 7.09. The lowest BCUT2D eigenvalue weighted by molar-refractivity contribution is -0.126. The molecule has 0 aliphatic carbocycles. The number of amides is 1. The lowest BCUT2D eigenvalue weighted by atomic mass is 9.88. The molecule has 1 aliphatic heterocycles. The van der Waals surface area contributed by atoms with Crippen molar-refractivity contribution in [3.05, 3.63) is 60.2 Å². The van der Waals surface area contributed by atoms with Gasteiger partial charge in [0.25, 0.3) is 0 Å². The molecule has 0 radical (unpaired) electrons. The molecule has 2 N–H and O–H groups in total. The predicted octanol–water partition coefficient (Wildman–Crippen LogP) is 2.50. The maximum Gasteiger partial charge on any atom is 0.247 e. The van der Waals surface area contributed by atoms with Crippen molar-refractivity contribution < 1.29 is 9.53 Å². The molecule has 0 bridgehead atoms. The summed E-state index contributed by atoms with van der Waals surface area (Å²) in [7, 11) is 0. The van der Waals surface area contributed by atoms with Gasteiger partial charge in [0, 0.05) is 5.69 Å². The van der Waals surface area contributed by atoms with Crippen molar-refractivity contribution in [1.82, 2.24) is 0 Å². The summed E-state index contributed by atoms with van der Waals surface area (Å²) in [4.78, 5) is 13.9. The Morgan fingerprint density at radius 3 is 2.38 bits per heavy atom. The van der Waals surface area contributed by atoms with Crippen molar-refractivity contribution in [2.45, 2.75) is 19.0 Å². The Kier molecular flexibility index (Phi) is 3.62. The van der Waals surface area contributed by atoms with Crippen LogP contribution in [0.3, 0.4) is 0 Å². The lowest BCUT2D eigenvalue weighted by Gasteiger charge is -2.45. The molecule has 108 valence electrons. The second-order valence-electron chi connectivity index (χ2n) is 5.02. The molecule has 1 aliphatic rings. The molecule has 0 spiro atoms. The van der Waals surface area contributed by atoms with Gasteiger partial charge in [-0.3, -0.25) is 4.79 Å². The predicted molar refractivity (Wildman–Crippen MR) is 82.3 cm³/mol. The summed E-state index contributed by atoms with van der Waals surface area (Å²) >= 11 is 0. The zero-order valence-electron chi connectivity index (χ0n) is 11.9. The van der Waals surface area contributed by atoms with Crippen LogP contribution in [-0.2, 0) is 4.79 Å². The van der Waals surface area contributed by atoms with Gasteiger partial charge in [0.1, 0.15) is 11.8 Å². The minimum atomic E-state index is -0.473. The van der Waals surface area contributed by atoms with Crippen molar-refractivity contribution in [3.8, 4) is 5.75 Å². The third kappa shape index (κ3) is 2.38. The van der Waals surface area contributed by atoms with E-state index in [4.69, 9.17) is 10.5 Å². The van der Waals surface area contributed by atoms with Crippen molar-refractivity contribution >= 4 is 11.6 Å². The monoisotopic (exact) mass is 282 g/mol. The number of carbonyl (C=O) groups excluding carboxylic acids is 1. The Morgan fingerprint density at radius 2 is 1.76 bits per heavy atom. The molecule has 1 heterocycles. The summed E-state index contributed by atoms with van der Waals surface area (Å²) in [5.41, 5.74) is 7.89. The summed E-state index contributed by atoms with van der Waals surface area (Å²) in [5, 5.41) is 0. The number of hydrogen-bond acceptors (Lipinski definition) is 3. The van der Waals surface area contributed by atoms with Gasteiger partial charge in [0.15, 0.2) is 0 Å². The van der Waals surface area contributed by atoms with E-state index in [9.17, 15) is 4.79 Å². The molecule has 4 nitrogen and oxygen atoms in total.